The summed E-state index contributed by atoms with van der Waals surface area (Å²) in [6.45, 7) is 8.34. The number of nitrogens with zero attached hydrogens (tertiary/aromatic N) is 2. The number of hydrogen-bond acceptors (Lipinski definition) is 4. The monoisotopic (exact) mass is 293 g/mol. The highest BCUT2D eigenvalue weighted by molar-refractivity contribution is 5.44. The number of aliphatic hydroxyl groups excluding tert-OH is 1. The Balaban J connectivity index is 0.000000240. The van der Waals surface area contributed by atoms with Gasteiger partial charge in [0.25, 0.3) is 0 Å². The fraction of sp³-hybridized carbons (Fsp3) is 0.706. The summed E-state index contributed by atoms with van der Waals surface area (Å²) in [4.78, 5) is 6.37. The average Bonchev–Trinajstić information content (AvgIpc) is 2.55. The molecule has 0 saturated carbocycles. The van der Waals surface area contributed by atoms with Crippen LogP contribution in [-0.2, 0) is 0 Å². The molecular weight excluding hydrogens is 262 g/mol. The third-order valence-electron chi connectivity index (χ3n) is 4.29. The van der Waals surface area contributed by atoms with Crippen molar-refractivity contribution in [2.24, 2.45) is 11.7 Å². The maximum atomic E-state index is 9.13. The lowest BCUT2D eigenvalue weighted by atomic mass is 10.0. The van der Waals surface area contributed by atoms with E-state index in [0.29, 0.717) is 12.0 Å². The maximum Gasteiger partial charge on any atom is 0.0563 e. The molecule has 120 valence electrons. The molecule has 1 aliphatic rings. The largest absolute Gasteiger partial charge is 0.393 e. The molecule has 0 aromatic carbocycles. The average molecular weight is 293 g/mol. The third-order valence-corrected chi connectivity index (χ3v) is 4.29. The zero-order valence-electron chi connectivity index (χ0n) is 13.7. The zero-order valence-corrected chi connectivity index (χ0v) is 13.7. The topological polar surface area (TPSA) is 62.4 Å². The summed E-state index contributed by atoms with van der Waals surface area (Å²) in [5.41, 5.74) is 7.10. The Bertz CT molecular complexity index is 356. The van der Waals surface area contributed by atoms with Crippen LogP contribution in [0.1, 0.15) is 46.5 Å². The molecule has 1 fully saturated rings. The van der Waals surface area contributed by atoms with Gasteiger partial charge in [-0.15, -0.1) is 0 Å². The molecule has 21 heavy (non-hydrogen) atoms. The number of piperidine rings is 1. The van der Waals surface area contributed by atoms with Gasteiger partial charge in [-0.3, -0.25) is 4.98 Å². The molecule has 0 radical (unpaired) electrons. The number of nitrogens with two attached hydrogens (primary N) is 1. The van der Waals surface area contributed by atoms with Crippen molar-refractivity contribution in [1.29, 1.82) is 0 Å². The van der Waals surface area contributed by atoms with Gasteiger partial charge in [-0.25, -0.2) is 0 Å². The molecule has 1 aliphatic heterocycles. The Morgan fingerprint density at radius 1 is 1.24 bits per heavy atom. The zero-order chi connectivity index (χ0) is 15.7. The van der Waals surface area contributed by atoms with E-state index in [2.05, 4.69) is 35.9 Å². The van der Waals surface area contributed by atoms with Crippen molar-refractivity contribution in [3.63, 3.8) is 0 Å². The van der Waals surface area contributed by atoms with Crippen LogP contribution in [0.15, 0.2) is 24.5 Å². The summed E-state index contributed by atoms with van der Waals surface area (Å²) in [5, 5.41) is 9.13. The lowest BCUT2D eigenvalue weighted by Gasteiger charge is -2.31. The normalized spacial score (nSPS) is 18.6. The van der Waals surface area contributed by atoms with Gasteiger partial charge >= 0.3 is 0 Å². The van der Waals surface area contributed by atoms with Crippen LogP contribution >= 0.6 is 0 Å². The number of hydrogen-bond donors (Lipinski definition) is 2. The fourth-order valence-electron chi connectivity index (χ4n) is 2.39. The van der Waals surface area contributed by atoms with Crippen molar-refractivity contribution in [3.8, 4) is 0 Å². The van der Waals surface area contributed by atoms with Gasteiger partial charge in [-0.1, -0.05) is 27.2 Å². The van der Waals surface area contributed by atoms with Crippen molar-refractivity contribution in [3.05, 3.63) is 24.5 Å². The summed E-state index contributed by atoms with van der Waals surface area (Å²) in [5.74, 6) is 0.472. The lowest BCUT2D eigenvalue weighted by molar-refractivity contribution is 0.111. The van der Waals surface area contributed by atoms with Crippen LogP contribution in [0.2, 0.25) is 0 Å². The predicted molar refractivity (Wildman–Crippen MR) is 89.4 cm³/mol. The predicted octanol–water partition coefficient (Wildman–Crippen LogP) is 2.81. The summed E-state index contributed by atoms with van der Waals surface area (Å²) < 4.78 is 0. The van der Waals surface area contributed by atoms with Crippen molar-refractivity contribution in [2.75, 3.05) is 18.0 Å². The Hall–Kier alpha value is -1.13. The molecule has 4 heteroatoms. The van der Waals surface area contributed by atoms with Gasteiger partial charge in [0.2, 0.25) is 0 Å². The van der Waals surface area contributed by atoms with Gasteiger partial charge in [0.05, 0.1) is 6.10 Å². The molecule has 0 amide bonds. The molecule has 2 unspecified atom stereocenters. The molecule has 1 aromatic heterocycles. The minimum atomic E-state index is -0.0833. The number of pyridine rings is 1. The van der Waals surface area contributed by atoms with E-state index in [9.17, 15) is 0 Å². The van der Waals surface area contributed by atoms with E-state index in [0.717, 1.165) is 38.8 Å². The van der Waals surface area contributed by atoms with E-state index in [1.165, 1.54) is 5.69 Å². The molecule has 0 bridgehead atoms. The van der Waals surface area contributed by atoms with Crippen LogP contribution in [0.5, 0.6) is 0 Å². The van der Waals surface area contributed by atoms with Gasteiger partial charge < -0.3 is 15.7 Å². The Morgan fingerprint density at radius 3 is 2.24 bits per heavy atom. The molecule has 2 atom stereocenters. The second-order valence-corrected chi connectivity index (χ2v) is 5.89. The molecule has 3 N–H and O–H groups in total. The van der Waals surface area contributed by atoms with Crippen molar-refractivity contribution in [2.45, 2.75) is 58.6 Å². The second-order valence-electron chi connectivity index (χ2n) is 5.89. The number of anilines is 1. The lowest BCUT2D eigenvalue weighted by Crippen LogP contribution is -2.39. The molecule has 0 spiro atoms. The first-order valence-electron chi connectivity index (χ1n) is 8.17. The van der Waals surface area contributed by atoms with Crippen LogP contribution in [0.3, 0.4) is 0 Å². The van der Waals surface area contributed by atoms with Crippen LogP contribution in [0.25, 0.3) is 0 Å². The first-order chi connectivity index (χ1) is 10.1. The minimum absolute atomic E-state index is 0.0833. The van der Waals surface area contributed by atoms with Gasteiger partial charge in [0, 0.05) is 37.2 Å². The first kappa shape index (κ1) is 17.9. The number of aliphatic hydroxyl groups is 1. The van der Waals surface area contributed by atoms with Crippen LogP contribution in [0.4, 0.5) is 5.69 Å². The van der Waals surface area contributed by atoms with E-state index in [4.69, 9.17) is 10.8 Å². The van der Waals surface area contributed by atoms with Gasteiger partial charge in [0.15, 0.2) is 0 Å². The van der Waals surface area contributed by atoms with Crippen LogP contribution in [-0.4, -0.2) is 35.3 Å². The first-order valence-corrected chi connectivity index (χ1v) is 8.17. The Labute approximate surface area is 129 Å². The van der Waals surface area contributed by atoms with Crippen molar-refractivity contribution in [1.82, 2.24) is 4.98 Å². The second kappa shape index (κ2) is 9.74. The maximum absolute atomic E-state index is 9.13. The van der Waals surface area contributed by atoms with E-state index >= 15 is 0 Å². The Morgan fingerprint density at radius 2 is 1.81 bits per heavy atom. The van der Waals surface area contributed by atoms with Crippen LogP contribution < -0.4 is 10.6 Å². The minimum Gasteiger partial charge on any atom is -0.393 e. The highest BCUT2D eigenvalue weighted by Crippen LogP contribution is 2.17. The third kappa shape index (κ3) is 6.44. The Kier molecular flexibility index (Phi) is 8.31. The molecule has 2 rings (SSSR count). The molecule has 0 aliphatic carbocycles. The highest BCUT2D eigenvalue weighted by atomic mass is 16.3. The SMILES string of the molecule is CCC(C)C(O)CC.NC1CCN(c2ccncc2)CC1. The van der Waals surface area contributed by atoms with Crippen molar-refractivity contribution >= 4 is 5.69 Å². The van der Waals surface area contributed by atoms with Gasteiger partial charge in [-0.05, 0) is 37.3 Å². The molecule has 1 aromatic rings. The van der Waals surface area contributed by atoms with Crippen LogP contribution in [0, 0.1) is 5.92 Å². The van der Waals surface area contributed by atoms with Gasteiger partial charge in [0.1, 0.15) is 0 Å². The quantitative estimate of drug-likeness (QED) is 0.896. The van der Waals surface area contributed by atoms with E-state index in [1.807, 2.05) is 19.3 Å². The summed E-state index contributed by atoms with van der Waals surface area (Å²) in [6.07, 6.45) is 7.75. The summed E-state index contributed by atoms with van der Waals surface area (Å²) in [6, 6.07) is 4.51. The smallest absolute Gasteiger partial charge is 0.0563 e. The standard InChI is InChI=1S/C10H15N3.C7H16O/c11-9-3-7-13(8-4-9)10-1-5-12-6-2-10;1-4-6(3)7(8)5-2/h1-2,5-6,9H,3-4,7-8,11H2;6-8H,4-5H2,1-3H3. The molecular formula is C17H31N3O. The van der Waals surface area contributed by atoms with Gasteiger partial charge in [-0.2, -0.15) is 0 Å². The van der Waals surface area contributed by atoms with E-state index < -0.39 is 0 Å². The molecule has 4 nitrogen and oxygen atoms in total. The summed E-state index contributed by atoms with van der Waals surface area (Å²) >= 11 is 0. The fourth-order valence-corrected chi connectivity index (χ4v) is 2.39. The van der Waals surface area contributed by atoms with E-state index in [-0.39, 0.29) is 6.10 Å². The molecule has 1 saturated heterocycles. The number of rotatable bonds is 4. The highest BCUT2D eigenvalue weighted by Gasteiger charge is 2.15. The van der Waals surface area contributed by atoms with Crippen molar-refractivity contribution < 1.29 is 5.11 Å². The molecule has 2 heterocycles. The van der Waals surface area contributed by atoms with E-state index in [1.54, 1.807) is 0 Å². The summed E-state index contributed by atoms with van der Waals surface area (Å²) in [7, 11) is 0. The number of aromatic nitrogens is 1.